The summed E-state index contributed by atoms with van der Waals surface area (Å²) in [5, 5.41) is 15.6. The summed E-state index contributed by atoms with van der Waals surface area (Å²) in [5.41, 5.74) is 9.85. The van der Waals surface area contributed by atoms with Gasteiger partial charge in [0.2, 0.25) is 0 Å². The number of fused-ring (bicyclic) bond motifs is 7. The molecule has 0 bridgehead atoms. The molecule has 2 aliphatic heterocycles. The second-order valence-corrected chi connectivity index (χ2v) is 9.15. The molecule has 2 heterocycles. The van der Waals surface area contributed by atoms with Crippen molar-refractivity contribution in [2.75, 3.05) is 19.2 Å². The molecule has 3 aliphatic rings. The fourth-order valence-electron chi connectivity index (χ4n) is 5.33. The summed E-state index contributed by atoms with van der Waals surface area (Å²) in [7, 11) is 3.36. The Kier molecular flexibility index (Phi) is 5.21. The van der Waals surface area contributed by atoms with Crippen molar-refractivity contribution in [3.63, 3.8) is 0 Å². The Balaban J connectivity index is 1.62. The molecule has 188 valence electrons. The van der Waals surface area contributed by atoms with Crippen LogP contribution in [0.15, 0.2) is 97.1 Å². The van der Waals surface area contributed by atoms with Gasteiger partial charge in [-0.25, -0.2) is 20.3 Å². The van der Waals surface area contributed by atoms with Gasteiger partial charge in [0, 0.05) is 21.5 Å². The van der Waals surface area contributed by atoms with Crippen LogP contribution in [-0.4, -0.2) is 29.2 Å². The second kappa shape index (κ2) is 8.88. The zero-order valence-corrected chi connectivity index (χ0v) is 21.0. The highest BCUT2D eigenvalue weighted by Gasteiger charge is 2.29. The number of hydrogen-bond donors (Lipinski definition) is 4. The number of aromatic nitrogens is 3. The summed E-state index contributed by atoms with van der Waals surface area (Å²) in [4.78, 5) is 0. The van der Waals surface area contributed by atoms with E-state index < -0.39 is 0 Å². The molecular formula is C30H27N6O2+. The molecule has 4 aromatic rings. The number of H-pyrrole nitrogens is 2. The molecule has 0 spiro atoms. The fraction of sp³-hybridized carbons (Fsp3) is 0.0667. The molecule has 38 heavy (non-hydrogen) atoms. The van der Waals surface area contributed by atoms with E-state index in [1.165, 1.54) is 0 Å². The first-order valence-corrected chi connectivity index (χ1v) is 12.4. The number of benzene rings is 4. The number of methoxy groups -OCH3 is 2. The van der Waals surface area contributed by atoms with Crippen LogP contribution in [0.1, 0.15) is 0 Å². The fourth-order valence-corrected chi connectivity index (χ4v) is 5.33. The van der Waals surface area contributed by atoms with Gasteiger partial charge in [-0.05, 0) is 54.6 Å². The lowest BCUT2D eigenvalue weighted by atomic mass is 10.0. The lowest BCUT2D eigenvalue weighted by molar-refractivity contribution is -0.623. The van der Waals surface area contributed by atoms with Crippen molar-refractivity contribution in [3.8, 4) is 17.2 Å². The molecule has 0 fully saturated rings. The molecule has 0 atom stereocenters. The van der Waals surface area contributed by atoms with Crippen molar-refractivity contribution in [2.24, 2.45) is 0 Å². The van der Waals surface area contributed by atoms with Gasteiger partial charge in [-0.3, -0.25) is 5.10 Å². The van der Waals surface area contributed by atoms with Crippen molar-refractivity contribution in [1.29, 1.82) is 0 Å². The summed E-state index contributed by atoms with van der Waals surface area (Å²) >= 11 is 0. The first kappa shape index (κ1) is 22.3. The van der Waals surface area contributed by atoms with E-state index in [9.17, 15) is 0 Å². The molecule has 0 saturated carbocycles. The van der Waals surface area contributed by atoms with Crippen molar-refractivity contribution in [2.45, 2.75) is 0 Å². The van der Waals surface area contributed by atoms with Crippen LogP contribution in [0.4, 0.5) is 17.1 Å². The van der Waals surface area contributed by atoms with E-state index in [4.69, 9.17) is 9.47 Å². The maximum Gasteiger partial charge on any atom is 0.184 e. The number of hydrogen-bond acceptors (Lipinski definition) is 4. The van der Waals surface area contributed by atoms with Gasteiger partial charge in [-0.2, -0.15) is 0 Å². The van der Waals surface area contributed by atoms with Crippen molar-refractivity contribution < 1.29 is 14.9 Å². The van der Waals surface area contributed by atoms with Crippen LogP contribution >= 0.6 is 0 Å². The zero-order valence-electron chi connectivity index (χ0n) is 21.0. The van der Waals surface area contributed by atoms with E-state index >= 15 is 0 Å². The van der Waals surface area contributed by atoms with Crippen LogP contribution < -0.4 is 25.4 Å². The standard InChI is InChI=1S/C30H26N6O2/c1-37-21-15-11-19(12-16-21)35-29-25-9-5-3-7-23(25)28-30(26-10-6-4-8-24(26)27(29)31-33-35)36(34-32-28)20-13-17-22(38-2)18-14-20/h3-18,31-34H,1-2H3/p+1. The number of ether oxygens (including phenoxy) is 2. The number of rotatable bonds is 4. The Morgan fingerprint density at radius 1 is 0.632 bits per heavy atom. The van der Waals surface area contributed by atoms with Crippen LogP contribution in [0.2, 0.25) is 0 Å². The van der Waals surface area contributed by atoms with Gasteiger partial charge in [-0.1, -0.05) is 48.0 Å². The van der Waals surface area contributed by atoms with Gasteiger partial charge in [0.05, 0.1) is 36.3 Å². The largest absolute Gasteiger partial charge is 0.497 e. The normalized spacial score (nSPS) is 12.7. The Hall–Kier alpha value is -4.92. The molecule has 0 radical (unpaired) electrons. The SMILES string of the molecule is COc1ccc(N2N[NH2+]c3c2c2ccccc2c2[nH][nH]n(-c4ccc(OC)cc4)c=2c2ccccc32)cc1. The molecule has 8 heteroatoms. The summed E-state index contributed by atoms with van der Waals surface area (Å²) in [6.07, 6.45) is 0. The minimum Gasteiger partial charge on any atom is -0.497 e. The summed E-state index contributed by atoms with van der Waals surface area (Å²) in [6.45, 7) is 0. The average molecular weight is 504 g/mol. The minimum absolute atomic E-state index is 0.818. The highest BCUT2D eigenvalue weighted by molar-refractivity contribution is 6.07. The second-order valence-electron chi connectivity index (χ2n) is 9.15. The van der Waals surface area contributed by atoms with Crippen LogP contribution in [0.5, 0.6) is 11.5 Å². The predicted octanol–water partition coefficient (Wildman–Crippen LogP) is 5.07. The maximum absolute atomic E-state index is 5.39. The highest BCUT2D eigenvalue weighted by Crippen LogP contribution is 2.40. The number of nitrogens with one attached hydrogen (secondary N) is 3. The molecule has 0 unspecified atom stereocenters. The third-order valence-electron chi connectivity index (χ3n) is 7.15. The number of aromatic amines is 2. The number of hydrazine groups is 1. The quantitative estimate of drug-likeness (QED) is 0.253. The van der Waals surface area contributed by atoms with E-state index in [2.05, 4.69) is 104 Å². The lowest BCUT2D eigenvalue weighted by Gasteiger charge is -2.17. The first-order chi connectivity index (χ1) is 18.8. The van der Waals surface area contributed by atoms with Crippen LogP contribution in [0, 0.1) is 10.7 Å². The van der Waals surface area contributed by atoms with Crippen LogP contribution in [-0.2, 0) is 0 Å². The number of anilines is 2. The van der Waals surface area contributed by atoms with Gasteiger partial charge in [-0.15, -0.1) is 0 Å². The smallest absolute Gasteiger partial charge is 0.184 e. The van der Waals surface area contributed by atoms with Gasteiger partial charge < -0.3 is 9.47 Å². The van der Waals surface area contributed by atoms with E-state index in [0.717, 1.165) is 66.5 Å². The Morgan fingerprint density at radius 3 is 1.87 bits per heavy atom. The van der Waals surface area contributed by atoms with E-state index in [1.54, 1.807) is 14.2 Å². The van der Waals surface area contributed by atoms with Crippen molar-refractivity contribution in [1.82, 2.24) is 20.5 Å². The summed E-state index contributed by atoms with van der Waals surface area (Å²) in [5.74, 6) is 1.64. The monoisotopic (exact) mass is 503 g/mol. The van der Waals surface area contributed by atoms with Crippen molar-refractivity contribution >= 4 is 38.6 Å². The van der Waals surface area contributed by atoms with Gasteiger partial charge in [0.1, 0.15) is 17.2 Å². The molecule has 5 N–H and O–H groups in total. The maximum atomic E-state index is 5.39. The zero-order chi connectivity index (χ0) is 25.6. The topological polar surface area (TPSA) is 86.9 Å². The molecule has 0 amide bonds. The summed E-state index contributed by atoms with van der Waals surface area (Å²) < 4.78 is 12.9. The van der Waals surface area contributed by atoms with Crippen LogP contribution in [0.25, 0.3) is 27.2 Å². The number of nitrogens with zero attached hydrogens (tertiary/aromatic N) is 2. The van der Waals surface area contributed by atoms with Crippen LogP contribution in [0.3, 0.4) is 0 Å². The first-order valence-electron chi connectivity index (χ1n) is 12.4. The molecule has 1 aliphatic carbocycles. The third-order valence-corrected chi connectivity index (χ3v) is 7.15. The molecule has 4 aromatic carbocycles. The van der Waals surface area contributed by atoms with Gasteiger partial charge >= 0.3 is 0 Å². The van der Waals surface area contributed by atoms with Gasteiger partial charge in [0.25, 0.3) is 0 Å². The molecule has 7 rings (SSSR count). The van der Waals surface area contributed by atoms with Crippen molar-refractivity contribution in [3.05, 3.63) is 108 Å². The Labute approximate surface area is 218 Å². The van der Waals surface area contributed by atoms with Gasteiger partial charge in [0.15, 0.2) is 5.69 Å². The highest BCUT2D eigenvalue weighted by atomic mass is 16.5. The molecule has 0 saturated heterocycles. The third kappa shape index (κ3) is 3.39. The molecule has 0 aromatic heterocycles. The Bertz CT molecular complexity index is 1900. The van der Waals surface area contributed by atoms with E-state index in [1.807, 2.05) is 24.3 Å². The average Bonchev–Trinajstić information content (AvgIpc) is 3.61. The predicted molar refractivity (Wildman–Crippen MR) is 149 cm³/mol. The van der Waals surface area contributed by atoms with E-state index in [0.29, 0.717) is 0 Å². The van der Waals surface area contributed by atoms with E-state index in [-0.39, 0.29) is 0 Å². The lowest BCUT2D eigenvalue weighted by Crippen LogP contribution is -2.87. The molecular weight excluding hydrogens is 476 g/mol. The molecule has 8 nitrogen and oxygen atoms in total. The Morgan fingerprint density at radius 2 is 1.21 bits per heavy atom. The number of nitrogens with two attached hydrogens (primary N) is 1. The minimum atomic E-state index is 0.818. The summed E-state index contributed by atoms with van der Waals surface area (Å²) in [6, 6.07) is 33.2. The number of quaternary nitrogens is 1.